The van der Waals surface area contributed by atoms with Gasteiger partial charge in [-0.15, -0.1) is 0 Å². The second-order valence-electron chi connectivity index (χ2n) is 6.47. The van der Waals surface area contributed by atoms with Gasteiger partial charge in [-0.1, -0.05) is 54.1 Å². The summed E-state index contributed by atoms with van der Waals surface area (Å²) in [6, 6.07) is 18.9. The van der Waals surface area contributed by atoms with Crippen LogP contribution in [0.2, 0.25) is 0 Å². The summed E-state index contributed by atoms with van der Waals surface area (Å²) in [7, 11) is 0. The van der Waals surface area contributed by atoms with E-state index in [1.165, 1.54) is 28.5 Å². The molecule has 1 aliphatic heterocycles. The second kappa shape index (κ2) is 6.60. The Balaban J connectivity index is 1.57. The largest absolute Gasteiger partial charge is 0.281 e. The molecule has 25 heavy (non-hydrogen) atoms. The van der Waals surface area contributed by atoms with Crippen molar-refractivity contribution in [2.24, 2.45) is 4.99 Å². The van der Waals surface area contributed by atoms with Crippen molar-refractivity contribution in [2.45, 2.75) is 25.8 Å². The molecule has 0 radical (unpaired) electrons. The lowest BCUT2D eigenvalue weighted by Crippen LogP contribution is -2.00. The summed E-state index contributed by atoms with van der Waals surface area (Å²) in [5, 5.41) is 0. The van der Waals surface area contributed by atoms with E-state index < -0.39 is 0 Å². The maximum absolute atomic E-state index is 13.9. The van der Waals surface area contributed by atoms with Gasteiger partial charge in [-0.05, 0) is 42.5 Å². The van der Waals surface area contributed by atoms with Crippen LogP contribution in [0.4, 0.5) is 4.39 Å². The molecule has 0 saturated heterocycles. The topological polar surface area (TPSA) is 25.2 Å². The quantitative estimate of drug-likeness (QED) is 0.620. The van der Waals surface area contributed by atoms with E-state index in [2.05, 4.69) is 60.4 Å². The van der Waals surface area contributed by atoms with Crippen molar-refractivity contribution < 1.29 is 4.39 Å². The minimum absolute atomic E-state index is 0.106. The van der Waals surface area contributed by atoms with E-state index in [0.717, 1.165) is 18.6 Å². The highest BCUT2D eigenvalue weighted by Gasteiger charge is 2.22. The molecule has 3 heteroatoms. The average molecular weight is 330 g/mol. The van der Waals surface area contributed by atoms with Crippen LogP contribution in [0.1, 0.15) is 35.6 Å². The number of aryl methyl sites for hydroxylation is 1. The van der Waals surface area contributed by atoms with Crippen LogP contribution in [0, 0.1) is 12.7 Å². The van der Waals surface area contributed by atoms with E-state index in [4.69, 9.17) is 4.99 Å². The summed E-state index contributed by atoms with van der Waals surface area (Å²) in [6.45, 7) is 2.09. The molecule has 0 saturated carbocycles. The van der Waals surface area contributed by atoms with Gasteiger partial charge >= 0.3 is 0 Å². The summed E-state index contributed by atoms with van der Waals surface area (Å²) in [4.78, 5) is 8.56. The molecule has 2 heterocycles. The maximum Gasteiger partial charge on any atom is 0.150 e. The zero-order chi connectivity index (χ0) is 17.2. The first-order valence-corrected chi connectivity index (χ1v) is 8.54. The fraction of sp³-hybridized carbons (Fsp3) is 0.182. The van der Waals surface area contributed by atoms with Gasteiger partial charge in [-0.2, -0.15) is 0 Å². The zero-order valence-corrected chi connectivity index (χ0v) is 14.1. The molecule has 1 aliphatic rings. The molecule has 1 unspecified atom stereocenters. The molecule has 1 atom stereocenters. The van der Waals surface area contributed by atoms with Crippen LogP contribution in [0.15, 0.2) is 72.0 Å². The molecule has 0 N–H and O–H groups in total. The Labute approximate surface area is 147 Å². The smallest absolute Gasteiger partial charge is 0.150 e. The standard InChI is InChI=1S/C22H19FN2/c1-15-2-4-16(5-3-15)17-6-8-18(9-7-17)21-10-11-22(25-21)19-12-13-24-14-20(19)23/h2-9,12-14,21H,10-11H2,1H3. The molecule has 2 nitrogen and oxygen atoms in total. The predicted octanol–water partition coefficient (Wildman–Crippen LogP) is 5.52. The molecule has 0 aliphatic carbocycles. The number of benzene rings is 2. The minimum atomic E-state index is -0.295. The lowest BCUT2D eigenvalue weighted by atomic mass is 9.99. The van der Waals surface area contributed by atoms with Crippen LogP contribution in [0.25, 0.3) is 11.1 Å². The highest BCUT2D eigenvalue weighted by atomic mass is 19.1. The van der Waals surface area contributed by atoms with E-state index >= 15 is 0 Å². The van der Waals surface area contributed by atoms with E-state index in [1.54, 1.807) is 12.3 Å². The van der Waals surface area contributed by atoms with Gasteiger partial charge in [0.1, 0.15) is 0 Å². The summed E-state index contributed by atoms with van der Waals surface area (Å²) in [5.41, 5.74) is 6.27. The van der Waals surface area contributed by atoms with E-state index in [-0.39, 0.29) is 11.9 Å². The number of aliphatic imine (C=N–C) groups is 1. The van der Waals surface area contributed by atoms with Crippen LogP contribution in [-0.2, 0) is 0 Å². The Kier molecular flexibility index (Phi) is 4.14. The van der Waals surface area contributed by atoms with Crippen molar-refractivity contribution in [1.29, 1.82) is 0 Å². The highest BCUT2D eigenvalue weighted by Crippen LogP contribution is 2.32. The Hall–Kier alpha value is -2.81. The molecule has 3 aromatic rings. The third-order valence-corrected chi connectivity index (χ3v) is 4.73. The first-order chi connectivity index (χ1) is 12.2. The third kappa shape index (κ3) is 3.22. The number of hydrogen-bond donors (Lipinski definition) is 0. The Bertz CT molecular complexity index is 912. The number of aromatic nitrogens is 1. The van der Waals surface area contributed by atoms with Crippen LogP contribution < -0.4 is 0 Å². The van der Waals surface area contributed by atoms with Gasteiger partial charge in [-0.3, -0.25) is 9.98 Å². The fourth-order valence-electron chi connectivity index (χ4n) is 3.29. The number of halogens is 1. The fourth-order valence-corrected chi connectivity index (χ4v) is 3.29. The number of hydrogen-bond acceptors (Lipinski definition) is 2. The summed E-state index contributed by atoms with van der Waals surface area (Å²) in [5.74, 6) is -0.295. The maximum atomic E-state index is 13.9. The van der Waals surface area contributed by atoms with Crippen molar-refractivity contribution >= 4 is 5.71 Å². The van der Waals surface area contributed by atoms with Crippen molar-refractivity contribution in [2.75, 3.05) is 0 Å². The highest BCUT2D eigenvalue weighted by molar-refractivity contribution is 6.01. The monoisotopic (exact) mass is 330 g/mol. The van der Waals surface area contributed by atoms with Crippen LogP contribution in [0.3, 0.4) is 0 Å². The molecular formula is C22H19FN2. The molecule has 1 aromatic heterocycles. The third-order valence-electron chi connectivity index (χ3n) is 4.73. The van der Waals surface area contributed by atoms with Crippen LogP contribution in [0.5, 0.6) is 0 Å². The zero-order valence-electron chi connectivity index (χ0n) is 14.1. The Morgan fingerprint density at radius 1 is 0.920 bits per heavy atom. The molecule has 0 fully saturated rings. The number of pyridine rings is 1. The van der Waals surface area contributed by atoms with Crippen molar-refractivity contribution in [1.82, 2.24) is 4.98 Å². The Morgan fingerprint density at radius 2 is 1.60 bits per heavy atom. The van der Waals surface area contributed by atoms with Gasteiger partial charge in [0.2, 0.25) is 0 Å². The van der Waals surface area contributed by atoms with Gasteiger partial charge in [0, 0.05) is 17.5 Å². The lowest BCUT2D eigenvalue weighted by Gasteiger charge is -2.09. The minimum Gasteiger partial charge on any atom is -0.281 e. The van der Waals surface area contributed by atoms with Crippen LogP contribution >= 0.6 is 0 Å². The predicted molar refractivity (Wildman–Crippen MR) is 99.3 cm³/mol. The molecule has 2 aromatic carbocycles. The summed E-state index contributed by atoms with van der Waals surface area (Å²) >= 11 is 0. The van der Waals surface area contributed by atoms with Gasteiger partial charge in [0.05, 0.1) is 12.2 Å². The lowest BCUT2D eigenvalue weighted by molar-refractivity contribution is 0.618. The van der Waals surface area contributed by atoms with Gasteiger partial charge in [-0.25, -0.2) is 4.39 Å². The first-order valence-electron chi connectivity index (χ1n) is 8.54. The van der Waals surface area contributed by atoms with E-state index in [0.29, 0.717) is 5.56 Å². The first kappa shape index (κ1) is 15.7. The molecule has 124 valence electrons. The van der Waals surface area contributed by atoms with Gasteiger partial charge in [0.25, 0.3) is 0 Å². The second-order valence-corrected chi connectivity index (χ2v) is 6.47. The SMILES string of the molecule is Cc1ccc(-c2ccc(C3CCC(c4ccncc4F)=N3)cc2)cc1. The van der Waals surface area contributed by atoms with Crippen molar-refractivity contribution in [3.63, 3.8) is 0 Å². The normalized spacial score (nSPS) is 16.7. The van der Waals surface area contributed by atoms with E-state index in [1.807, 2.05) is 0 Å². The molecule has 4 rings (SSSR count). The van der Waals surface area contributed by atoms with Crippen LogP contribution in [-0.4, -0.2) is 10.7 Å². The summed E-state index contributed by atoms with van der Waals surface area (Å²) < 4.78 is 13.9. The van der Waals surface area contributed by atoms with E-state index in [9.17, 15) is 4.39 Å². The van der Waals surface area contributed by atoms with Gasteiger partial charge < -0.3 is 0 Å². The average Bonchev–Trinajstić information content (AvgIpc) is 3.13. The molecule has 0 spiro atoms. The van der Waals surface area contributed by atoms with Crippen molar-refractivity contribution in [3.05, 3.63) is 89.5 Å². The molecule has 0 bridgehead atoms. The Morgan fingerprint density at radius 3 is 2.28 bits per heavy atom. The number of nitrogens with zero attached hydrogens (tertiary/aromatic N) is 2. The molecule has 0 amide bonds. The van der Waals surface area contributed by atoms with Gasteiger partial charge in [0.15, 0.2) is 5.82 Å². The molecular weight excluding hydrogens is 311 g/mol. The number of rotatable bonds is 3. The van der Waals surface area contributed by atoms with Crippen molar-refractivity contribution in [3.8, 4) is 11.1 Å². The summed E-state index contributed by atoms with van der Waals surface area (Å²) in [6.07, 6.45) is 4.58.